The largest absolute Gasteiger partial charge is 0.352 e. The Morgan fingerprint density at radius 1 is 1.09 bits per heavy atom. The molecule has 0 aliphatic heterocycles. The molecule has 0 bridgehead atoms. The molecule has 2 unspecified atom stereocenters. The SMILES string of the molecule is Cl.NC1CCCCC1CC(=O)NCc1cccc2ccccc12. The summed E-state index contributed by atoms with van der Waals surface area (Å²) in [6, 6.07) is 14.7. The summed E-state index contributed by atoms with van der Waals surface area (Å²) in [7, 11) is 0. The number of hydrogen-bond acceptors (Lipinski definition) is 2. The normalized spacial score (nSPS) is 20.7. The van der Waals surface area contributed by atoms with Crippen molar-refractivity contribution in [1.29, 1.82) is 0 Å². The Hall–Kier alpha value is -1.58. The predicted octanol–water partition coefficient (Wildman–Crippen LogP) is 3.79. The molecule has 2 aromatic carbocycles. The van der Waals surface area contributed by atoms with E-state index >= 15 is 0 Å². The molecule has 1 amide bonds. The van der Waals surface area contributed by atoms with Gasteiger partial charge in [-0.2, -0.15) is 0 Å². The van der Waals surface area contributed by atoms with Crippen LogP contribution in [0.4, 0.5) is 0 Å². The Balaban J connectivity index is 0.00000192. The van der Waals surface area contributed by atoms with Crippen LogP contribution in [0.2, 0.25) is 0 Å². The number of halogens is 1. The lowest BCUT2D eigenvalue weighted by Gasteiger charge is -2.28. The maximum absolute atomic E-state index is 12.2. The standard InChI is InChI=1S/C19H24N2O.ClH/c20-18-11-4-2-7-15(18)12-19(22)21-13-16-9-5-8-14-6-1-3-10-17(14)16;/h1,3,5-6,8-10,15,18H,2,4,7,11-13,20H2,(H,21,22);1H. The number of carbonyl (C=O) groups is 1. The van der Waals surface area contributed by atoms with Gasteiger partial charge >= 0.3 is 0 Å². The summed E-state index contributed by atoms with van der Waals surface area (Å²) in [4.78, 5) is 12.2. The lowest BCUT2D eigenvalue weighted by Crippen LogP contribution is -2.37. The summed E-state index contributed by atoms with van der Waals surface area (Å²) in [5.74, 6) is 0.469. The third-order valence-electron chi connectivity index (χ3n) is 4.77. The first-order chi connectivity index (χ1) is 10.7. The van der Waals surface area contributed by atoms with Gasteiger partial charge in [-0.15, -0.1) is 12.4 Å². The van der Waals surface area contributed by atoms with E-state index in [1.54, 1.807) is 0 Å². The second kappa shape index (κ2) is 8.32. The quantitative estimate of drug-likeness (QED) is 0.895. The first kappa shape index (κ1) is 17.8. The number of hydrogen-bond donors (Lipinski definition) is 2. The molecule has 2 aromatic rings. The van der Waals surface area contributed by atoms with E-state index in [1.165, 1.54) is 29.2 Å². The van der Waals surface area contributed by atoms with Gasteiger partial charge in [0, 0.05) is 19.0 Å². The van der Waals surface area contributed by atoms with Crippen molar-refractivity contribution in [3.63, 3.8) is 0 Å². The van der Waals surface area contributed by atoms with Crippen molar-refractivity contribution in [2.24, 2.45) is 11.7 Å². The number of carbonyl (C=O) groups excluding carboxylic acids is 1. The summed E-state index contributed by atoms with van der Waals surface area (Å²) in [5.41, 5.74) is 7.30. The molecule has 1 aliphatic rings. The number of benzene rings is 2. The van der Waals surface area contributed by atoms with E-state index in [9.17, 15) is 4.79 Å². The van der Waals surface area contributed by atoms with Crippen LogP contribution >= 0.6 is 12.4 Å². The van der Waals surface area contributed by atoms with E-state index in [1.807, 2.05) is 18.2 Å². The molecule has 1 saturated carbocycles. The number of amides is 1. The average molecular weight is 333 g/mol. The van der Waals surface area contributed by atoms with E-state index in [4.69, 9.17) is 5.73 Å². The molecule has 0 spiro atoms. The Labute approximate surface area is 144 Å². The average Bonchev–Trinajstić information content (AvgIpc) is 2.55. The van der Waals surface area contributed by atoms with Gasteiger partial charge in [0.05, 0.1) is 0 Å². The van der Waals surface area contributed by atoms with Crippen LogP contribution in [-0.4, -0.2) is 11.9 Å². The Morgan fingerprint density at radius 2 is 1.83 bits per heavy atom. The zero-order valence-corrected chi connectivity index (χ0v) is 14.1. The molecular formula is C19H25ClN2O. The Kier molecular flexibility index (Phi) is 6.43. The fourth-order valence-corrected chi connectivity index (χ4v) is 3.44. The van der Waals surface area contributed by atoms with E-state index in [0.717, 1.165) is 12.8 Å². The van der Waals surface area contributed by atoms with E-state index in [-0.39, 0.29) is 24.4 Å². The van der Waals surface area contributed by atoms with Crippen molar-refractivity contribution in [3.05, 3.63) is 48.0 Å². The molecule has 3 nitrogen and oxygen atoms in total. The van der Waals surface area contributed by atoms with Crippen LogP contribution in [-0.2, 0) is 11.3 Å². The molecular weight excluding hydrogens is 308 g/mol. The van der Waals surface area contributed by atoms with E-state index in [0.29, 0.717) is 18.9 Å². The summed E-state index contributed by atoms with van der Waals surface area (Å²) < 4.78 is 0. The third-order valence-corrected chi connectivity index (χ3v) is 4.77. The molecule has 4 heteroatoms. The van der Waals surface area contributed by atoms with Gasteiger partial charge in [-0.05, 0) is 35.1 Å². The molecule has 2 atom stereocenters. The smallest absolute Gasteiger partial charge is 0.220 e. The van der Waals surface area contributed by atoms with E-state index in [2.05, 4.69) is 29.6 Å². The van der Waals surface area contributed by atoms with Gasteiger partial charge in [0.2, 0.25) is 5.91 Å². The van der Waals surface area contributed by atoms with Crippen molar-refractivity contribution in [2.45, 2.75) is 44.7 Å². The van der Waals surface area contributed by atoms with Crippen LogP contribution in [0, 0.1) is 5.92 Å². The Bertz CT molecular complexity index is 653. The van der Waals surface area contributed by atoms with Gasteiger partial charge in [-0.1, -0.05) is 55.3 Å². The molecule has 3 rings (SSSR count). The van der Waals surface area contributed by atoms with Gasteiger partial charge in [-0.25, -0.2) is 0 Å². The first-order valence-corrected chi connectivity index (χ1v) is 8.23. The fourth-order valence-electron chi connectivity index (χ4n) is 3.44. The van der Waals surface area contributed by atoms with Crippen LogP contribution in [0.3, 0.4) is 0 Å². The zero-order valence-electron chi connectivity index (χ0n) is 13.3. The van der Waals surface area contributed by atoms with Crippen molar-refractivity contribution in [2.75, 3.05) is 0 Å². The van der Waals surface area contributed by atoms with Crippen LogP contribution < -0.4 is 11.1 Å². The summed E-state index contributed by atoms with van der Waals surface area (Å²) in [5, 5.41) is 5.48. The molecule has 3 N–H and O–H groups in total. The predicted molar refractivity (Wildman–Crippen MR) is 97.6 cm³/mol. The lowest BCUT2D eigenvalue weighted by atomic mass is 9.83. The minimum atomic E-state index is 0. The molecule has 0 radical (unpaired) electrons. The second-order valence-electron chi connectivity index (χ2n) is 6.33. The molecule has 23 heavy (non-hydrogen) atoms. The van der Waals surface area contributed by atoms with Gasteiger partial charge in [0.25, 0.3) is 0 Å². The highest BCUT2D eigenvalue weighted by Gasteiger charge is 2.23. The highest BCUT2D eigenvalue weighted by Crippen LogP contribution is 2.25. The van der Waals surface area contributed by atoms with Crippen molar-refractivity contribution in [3.8, 4) is 0 Å². The van der Waals surface area contributed by atoms with Crippen LogP contribution in [0.1, 0.15) is 37.7 Å². The van der Waals surface area contributed by atoms with Crippen molar-refractivity contribution < 1.29 is 4.79 Å². The minimum absolute atomic E-state index is 0. The molecule has 1 fully saturated rings. The van der Waals surface area contributed by atoms with Crippen molar-refractivity contribution >= 4 is 29.1 Å². The maximum Gasteiger partial charge on any atom is 0.220 e. The summed E-state index contributed by atoms with van der Waals surface area (Å²) in [6.45, 7) is 0.585. The van der Waals surface area contributed by atoms with Gasteiger partial charge in [-0.3, -0.25) is 4.79 Å². The van der Waals surface area contributed by atoms with Crippen LogP contribution in [0.5, 0.6) is 0 Å². The lowest BCUT2D eigenvalue weighted by molar-refractivity contribution is -0.122. The molecule has 0 heterocycles. The van der Waals surface area contributed by atoms with Gasteiger partial charge < -0.3 is 11.1 Å². The highest BCUT2D eigenvalue weighted by molar-refractivity contribution is 5.86. The topological polar surface area (TPSA) is 55.1 Å². The molecule has 1 aliphatic carbocycles. The maximum atomic E-state index is 12.2. The number of nitrogens with one attached hydrogen (secondary N) is 1. The fraction of sp³-hybridized carbons (Fsp3) is 0.421. The first-order valence-electron chi connectivity index (χ1n) is 8.23. The van der Waals surface area contributed by atoms with Gasteiger partial charge in [0.1, 0.15) is 0 Å². The molecule has 0 saturated heterocycles. The monoisotopic (exact) mass is 332 g/mol. The van der Waals surface area contributed by atoms with Crippen molar-refractivity contribution in [1.82, 2.24) is 5.32 Å². The van der Waals surface area contributed by atoms with Crippen LogP contribution in [0.25, 0.3) is 10.8 Å². The summed E-state index contributed by atoms with van der Waals surface area (Å²) >= 11 is 0. The highest BCUT2D eigenvalue weighted by atomic mass is 35.5. The third kappa shape index (κ3) is 4.46. The number of rotatable bonds is 4. The summed E-state index contributed by atoms with van der Waals surface area (Å²) in [6.07, 6.45) is 5.11. The van der Waals surface area contributed by atoms with Crippen LogP contribution in [0.15, 0.2) is 42.5 Å². The zero-order chi connectivity index (χ0) is 15.4. The molecule has 0 aromatic heterocycles. The number of nitrogens with two attached hydrogens (primary N) is 1. The number of fused-ring (bicyclic) bond motifs is 1. The minimum Gasteiger partial charge on any atom is -0.352 e. The van der Waals surface area contributed by atoms with E-state index < -0.39 is 0 Å². The van der Waals surface area contributed by atoms with Gasteiger partial charge in [0.15, 0.2) is 0 Å². The second-order valence-corrected chi connectivity index (χ2v) is 6.33. The Morgan fingerprint density at radius 3 is 2.65 bits per heavy atom. The molecule has 124 valence electrons.